The number of benzene rings is 1. The Morgan fingerprint density at radius 3 is 2.48 bits per heavy atom. The van der Waals surface area contributed by atoms with Gasteiger partial charge in [-0.1, -0.05) is 0 Å². The highest BCUT2D eigenvalue weighted by atomic mass is 32.2. The van der Waals surface area contributed by atoms with Crippen LogP contribution in [0.4, 0.5) is 0 Å². The summed E-state index contributed by atoms with van der Waals surface area (Å²) < 4.78 is 5.72. The summed E-state index contributed by atoms with van der Waals surface area (Å²) in [5.74, 6) is 2.83. The van der Waals surface area contributed by atoms with Crippen molar-refractivity contribution in [3.63, 3.8) is 0 Å². The number of nitrogens with two attached hydrogens (primary N) is 1. The summed E-state index contributed by atoms with van der Waals surface area (Å²) in [5, 5.41) is 0. The van der Waals surface area contributed by atoms with Gasteiger partial charge in [0.2, 0.25) is 5.91 Å². The number of hydrogen-bond donors (Lipinski definition) is 1. The molecule has 1 aliphatic rings. The van der Waals surface area contributed by atoms with E-state index in [-0.39, 0.29) is 11.9 Å². The predicted octanol–water partition coefficient (Wildman–Crippen LogP) is 2.62. The molecule has 2 heterocycles. The summed E-state index contributed by atoms with van der Waals surface area (Å²) in [6.07, 6.45) is 0. The Balaban J connectivity index is 1.85. The van der Waals surface area contributed by atoms with Gasteiger partial charge in [0, 0.05) is 29.2 Å². The summed E-state index contributed by atoms with van der Waals surface area (Å²) in [7, 11) is 0. The van der Waals surface area contributed by atoms with Crippen LogP contribution in [-0.2, 0) is 0 Å². The Hall–Kier alpha value is -2.21. The van der Waals surface area contributed by atoms with Crippen LogP contribution < -0.4 is 5.73 Å². The van der Waals surface area contributed by atoms with E-state index in [1.807, 2.05) is 35.7 Å². The normalized spacial score (nSPS) is 18.0. The lowest BCUT2D eigenvalue weighted by molar-refractivity contribution is 0.0681. The predicted molar refractivity (Wildman–Crippen MR) is 89.5 cm³/mol. The molecule has 1 fully saturated rings. The highest BCUT2D eigenvalue weighted by Crippen LogP contribution is 2.31. The van der Waals surface area contributed by atoms with Gasteiger partial charge in [-0.2, -0.15) is 11.8 Å². The number of primary amides is 1. The molecule has 0 unspecified atom stereocenters. The van der Waals surface area contributed by atoms with E-state index in [1.165, 1.54) is 0 Å². The number of nitrogens with zero attached hydrogens (tertiary/aromatic N) is 1. The van der Waals surface area contributed by atoms with Crippen molar-refractivity contribution >= 4 is 23.6 Å². The van der Waals surface area contributed by atoms with Crippen molar-refractivity contribution in [1.82, 2.24) is 4.90 Å². The summed E-state index contributed by atoms with van der Waals surface area (Å²) in [4.78, 5) is 25.8. The van der Waals surface area contributed by atoms with Gasteiger partial charge in [-0.25, -0.2) is 0 Å². The number of furan rings is 1. The van der Waals surface area contributed by atoms with Crippen molar-refractivity contribution in [2.24, 2.45) is 5.73 Å². The first kappa shape index (κ1) is 15.7. The number of carbonyl (C=O) groups is 2. The van der Waals surface area contributed by atoms with E-state index >= 15 is 0 Å². The van der Waals surface area contributed by atoms with Crippen LogP contribution in [0.2, 0.25) is 0 Å². The molecule has 1 aliphatic heterocycles. The van der Waals surface area contributed by atoms with E-state index in [0.717, 1.165) is 23.0 Å². The number of hydrogen-bond acceptors (Lipinski definition) is 4. The Morgan fingerprint density at radius 1 is 1.17 bits per heavy atom. The van der Waals surface area contributed by atoms with Gasteiger partial charge in [-0.3, -0.25) is 9.59 Å². The highest BCUT2D eigenvalue weighted by molar-refractivity contribution is 7.99. The quantitative estimate of drug-likeness (QED) is 0.938. The SMILES string of the molecule is Cc1ccc([C@H]2CSCCN2C(=O)c2ccc(C(N)=O)cc2)o1. The van der Waals surface area contributed by atoms with Crippen molar-refractivity contribution in [3.8, 4) is 0 Å². The molecular weight excluding hydrogens is 312 g/mol. The molecule has 2 aromatic rings. The van der Waals surface area contributed by atoms with Gasteiger partial charge in [-0.05, 0) is 43.3 Å². The molecular formula is C17H18N2O3S. The minimum atomic E-state index is -0.498. The fraction of sp³-hybridized carbons (Fsp3) is 0.294. The number of aryl methyl sites for hydroxylation is 1. The smallest absolute Gasteiger partial charge is 0.254 e. The van der Waals surface area contributed by atoms with Crippen LogP contribution in [0, 0.1) is 6.92 Å². The Bertz CT molecular complexity index is 724. The van der Waals surface area contributed by atoms with Crippen LogP contribution in [0.5, 0.6) is 0 Å². The number of amides is 2. The van der Waals surface area contributed by atoms with Crippen LogP contribution in [0.15, 0.2) is 40.8 Å². The van der Waals surface area contributed by atoms with Crippen LogP contribution in [-0.4, -0.2) is 34.8 Å². The minimum absolute atomic E-state index is 0.0552. The summed E-state index contributed by atoms with van der Waals surface area (Å²) in [6.45, 7) is 2.57. The lowest BCUT2D eigenvalue weighted by Gasteiger charge is -2.34. The van der Waals surface area contributed by atoms with Crippen molar-refractivity contribution in [1.29, 1.82) is 0 Å². The van der Waals surface area contributed by atoms with Gasteiger partial charge in [0.05, 0.1) is 6.04 Å². The van der Waals surface area contributed by atoms with E-state index in [2.05, 4.69) is 0 Å². The molecule has 2 N–H and O–H groups in total. The molecule has 2 amide bonds. The van der Waals surface area contributed by atoms with Crippen LogP contribution in [0.1, 0.15) is 38.3 Å². The Kier molecular flexibility index (Phi) is 4.43. The number of carbonyl (C=O) groups excluding carboxylic acids is 2. The second-order valence-electron chi connectivity index (χ2n) is 5.48. The van der Waals surface area contributed by atoms with Crippen LogP contribution in [0.25, 0.3) is 0 Å². The zero-order chi connectivity index (χ0) is 16.4. The molecule has 3 rings (SSSR count). The first-order valence-corrected chi connectivity index (χ1v) is 8.56. The maximum atomic E-state index is 12.8. The molecule has 0 aliphatic carbocycles. The fourth-order valence-corrected chi connectivity index (χ4v) is 3.72. The molecule has 1 aromatic heterocycles. The first-order chi connectivity index (χ1) is 11.1. The average molecular weight is 330 g/mol. The maximum Gasteiger partial charge on any atom is 0.254 e. The third-order valence-electron chi connectivity index (χ3n) is 3.90. The largest absolute Gasteiger partial charge is 0.464 e. The molecule has 120 valence electrons. The second-order valence-corrected chi connectivity index (χ2v) is 6.63. The van der Waals surface area contributed by atoms with E-state index < -0.39 is 5.91 Å². The Labute approximate surface area is 138 Å². The molecule has 1 saturated heterocycles. The third kappa shape index (κ3) is 3.27. The molecule has 0 bridgehead atoms. The highest BCUT2D eigenvalue weighted by Gasteiger charge is 2.31. The monoisotopic (exact) mass is 330 g/mol. The molecule has 5 nitrogen and oxygen atoms in total. The van der Waals surface area contributed by atoms with Crippen molar-refractivity contribution < 1.29 is 14.0 Å². The number of thioether (sulfide) groups is 1. The molecule has 6 heteroatoms. The molecule has 1 atom stereocenters. The van der Waals surface area contributed by atoms with E-state index in [0.29, 0.717) is 17.7 Å². The fourth-order valence-electron chi connectivity index (χ4n) is 2.66. The Morgan fingerprint density at radius 2 is 1.87 bits per heavy atom. The molecule has 23 heavy (non-hydrogen) atoms. The van der Waals surface area contributed by atoms with Crippen LogP contribution in [0.3, 0.4) is 0 Å². The summed E-state index contributed by atoms with van der Waals surface area (Å²) >= 11 is 1.81. The lowest BCUT2D eigenvalue weighted by atomic mass is 10.1. The van der Waals surface area contributed by atoms with Gasteiger partial charge in [0.15, 0.2) is 0 Å². The minimum Gasteiger partial charge on any atom is -0.464 e. The van der Waals surface area contributed by atoms with E-state index in [1.54, 1.807) is 24.3 Å². The topological polar surface area (TPSA) is 76.5 Å². The standard InChI is InChI=1S/C17H18N2O3S/c1-11-2-7-15(22-11)14-10-23-9-8-19(14)17(21)13-5-3-12(4-6-13)16(18)20/h2-7,14H,8-10H2,1H3,(H2,18,20)/t14-/m1/s1. The zero-order valence-corrected chi connectivity index (χ0v) is 13.6. The maximum absolute atomic E-state index is 12.8. The van der Waals surface area contributed by atoms with Gasteiger partial charge in [0.25, 0.3) is 5.91 Å². The van der Waals surface area contributed by atoms with Crippen molar-refractivity contribution in [2.45, 2.75) is 13.0 Å². The molecule has 1 aromatic carbocycles. The third-order valence-corrected chi connectivity index (χ3v) is 4.92. The molecule has 0 saturated carbocycles. The van der Waals surface area contributed by atoms with Crippen LogP contribution >= 0.6 is 11.8 Å². The zero-order valence-electron chi connectivity index (χ0n) is 12.8. The average Bonchev–Trinajstić information content (AvgIpc) is 3.00. The summed E-state index contributed by atoms with van der Waals surface area (Å²) in [5.41, 5.74) is 6.18. The van der Waals surface area contributed by atoms with Gasteiger partial charge >= 0.3 is 0 Å². The first-order valence-electron chi connectivity index (χ1n) is 7.41. The summed E-state index contributed by atoms with van der Waals surface area (Å²) in [6, 6.07) is 10.2. The van der Waals surface area contributed by atoms with Gasteiger partial charge < -0.3 is 15.1 Å². The number of rotatable bonds is 3. The molecule has 0 radical (unpaired) electrons. The van der Waals surface area contributed by atoms with E-state index in [9.17, 15) is 9.59 Å². The lowest BCUT2D eigenvalue weighted by Crippen LogP contribution is -2.40. The van der Waals surface area contributed by atoms with Gasteiger partial charge in [-0.15, -0.1) is 0 Å². The second kappa shape index (κ2) is 6.50. The van der Waals surface area contributed by atoms with E-state index in [4.69, 9.17) is 10.2 Å². The van der Waals surface area contributed by atoms with Crippen molar-refractivity contribution in [3.05, 3.63) is 59.0 Å². The molecule has 0 spiro atoms. The van der Waals surface area contributed by atoms with Gasteiger partial charge in [0.1, 0.15) is 11.5 Å². The van der Waals surface area contributed by atoms with Crippen molar-refractivity contribution in [2.75, 3.05) is 18.1 Å².